The van der Waals surface area contributed by atoms with Crippen LogP contribution in [0.4, 0.5) is 0 Å². The first-order valence-corrected chi connectivity index (χ1v) is 4.50. The van der Waals surface area contributed by atoms with Gasteiger partial charge in [0.15, 0.2) is 0 Å². The van der Waals surface area contributed by atoms with E-state index in [2.05, 4.69) is 26.1 Å². The van der Waals surface area contributed by atoms with Crippen molar-refractivity contribution in [1.82, 2.24) is 5.32 Å². The molecule has 0 rings (SSSR count). The Morgan fingerprint density at radius 1 is 1.50 bits per heavy atom. The maximum Gasteiger partial charge on any atom is 0.0634 e. The standard InChI is InChI=1S/C9H22N2O/c1-8(7-10)11-6-5-9(2,3)12-4/h8,11H,5-7,10H2,1-4H3. The number of nitrogens with one attached hydrogen (secondary N) is 1. The molecule has 0 aliphatic heterocycles. The van der Waals surface area contributed by atoms with E-state index < -0.39 is 0 Å². The van der Waals surface area contributed by atoms with Crippen LogP contribution >= 0.6 is 0 Å². The largest absolute Gasteiger partial charge is 0.379 e. The Kier molecular flexibility index (Phi) is 5.46. The van der Waals surface area contributed by atoms with E-state index in [0.717, 1.165) is 13.0 Å². The molecule has 0 aliphatic carbocycles. The van der Waals surface area contributed by atoms with Crippen LogP contribution in [0.5, 0.6) is 0 Å². The fourth-order valence-electron chi connectivity index (χ4n) is 0.805. The molecule has 0 fully saturated rings. The lowest BCUT2D eigenvalue weighted by Crippen LogP contribution is -2.37. The van der Waals surface area contributed by atoms with Crippen molar-refractivity contribution in [3.63, 3.8) is 0 Å². The Morgan fingerprint density at radius 2 is 2.08 bits per heavy atom. The van der Waals surface area contributed by atoms with Crippen LogP contribution in [0.15, 0.2) is 0 Å². The monoisotopic (exact) mass is 174 g/mol. The Hall–Kier alpha value is -0.120. The molecule has 0 spiro atoms. The summed E-state index contributed by atoms with van der Waals surface area (Å²) in [6, 6.07) is 0.401. The highest BCUT2D eigenvalue weighted by Gasteiger charge is 2.15. The zero-order valence-electron chi connectivity index (χ0n) is 8.68. The molecule has 0 bridgehead atoms. The van der Waals surface area contributed by atoms with Crippen molar-refractivity contribution in [1.29, 1.82) is 0 Å². The molecular formula is C9H22N2O. The smallest absolute Gasteiger partial charge is 0.0634 e. The van der Waals surface area contributed by atoms with Crippen LogP contribution < -0.4 is 11.1 Å². The third-order valence-corrected chi connectivity index (χ3v) is 2.13. The highest BCUT2D eigenvalue weighted by molar-refractivity contribution is 4.70. The van der Waals surface area contributed by atoms with Crippen molar-refractivity contribution in [3.05, 3.63) is 0 Å². The van der Waals surface area contributed by atoms with Gasteiger partial charge >= 0.3 is 0 Å². The van der Waals surface area contributed by atoms with E-state index in [1.807, 2.05) is 0 Å². The van der Waals surface area contributed by atoms with Crippen LogP contribution in [0.25, 0.3) is 0 Å². The predicted molar refractivity (Wildman–Crippen MR) is 52.2 cm³/mol. The van der Waals surface area contributed by atoms with Gasteiger partial charge in [-0.3, -0.25) is 0 Å². The maximum atomic E-state index is 5.46. The topological polar surface area (TPSA) is 47.3 Å². The van der Waals surface area contributed by atoms with E-state index in [1.165, 1.54) is 0 Å². The number of rotatable bonds is 6. The lowest BCUT2D eigenvalue weighted by molar-refractivity contribution is 0.0155. The molecule has 0 aromatic rings. The number of hydrogen-bond acceptors (Lipinski definition) is 3. The van der Waals surface area contributed by atoms with Crippen molar-refractivity contribution in [2.45, 2.75) is 38.8 Å². The van der Waals surface area contributed by atoms with Gasteiger partial charge in [-0.15, -0.1) is 0 Å². The summed E-state index contributed by atoms with van der Waals surface area (Å²) >= 11 is 0. The number of ether oxygens (including phenoxy) is 1. The fourth-order valence-corrected chi connectivity index (χ4v) is 0.805. The van der Waals surface area contributed by atoms with Crippen LogP contribution in [0.1, 0.15) is 27.2 Å². The van der Waals surface area contributed by atoms with Gasteiger partial charge in [0.05, 0.1) is 5.60 Å². The minimum atomic E-state index is -0.0265. The van der Waals surface area contributed by atoms with Gasteiger partial charge in [-0.25, -0.2) is 0 Å². The number of methoxy groups -OCH3 is 1. The number of hydrogen-bond donors (Lipinski definition) is 2. The molecule has 0 amide bonds. The summed E-state index contributed by atoms with van der Waals surface area (Å²) < 4.78 is 5.28. The van der Waals surface area contributed by atoms with Gasteiger partial charge in [0.1, 0.15) is 0 Å². The van der Waals surface area contributed by atoms with Crippen LogP contribution in [0, 0.1) is 0 Å². The molecule has 0 aromatic carbocycles. The Bertz CT molecular complexity index is 115. The SMILES string of the molecule is COC(C)(C)CCNC(C)CN. The average Bonchev–Trinajstić information content (AvgIpc) is 2.04. The van der Waals surface area contributed by atoms with E-state index in [1.54, 1.807) is 7.11 Å². The molecule has 1 unspecified atom stereocenters. The Balaban J connectivity index is 3.42. The van der Waals surface area contributed by atoms with Gasteiger partial charge in [0.25, 0.3) is 0 Å². The second-order valence-electron chi connectivity index (χ2n) is 3.80. The highest BCUT2D eigenvalue weighted by atomic mass is 16.5. The van der Waals surface area contributed by atoms with Crippen molar-refractivity contribution >= 4 is 0 Å². The first kappa shape index (κ1) is 11.9. The lowest BCUT2D eigenvalue weighted by Gasteiger charge is -2.23. The normalized spacial score (nSPS) is 14.8. The molecule has 0 aromatic heterocycles. The summed E-state index contributed by atoms with van der Waals surface area (Å²) in [5.41, 5.74) is 5.43. The summed E-state index contributed by atoms with van der Waals surface area (Å²) in [4.78, 5) is 0. The van der Waals surface area contributed by atoms with Crippen LogP contribution in [0.3, 0.4) is 0 Å². The summed E-state index contributed by atoms with van der Waals surface area (Å²) in [6.07, 6.45) is 1.01. The minimum absolute atomic E-state index is 0.0265. The van der Waals surface area contributed by atoms with Crippen molar-refractivity contribution < 1.29 is 4.74 Å². The molecule has 3 nitrogen and oxygen atoms in total. The van der Waals surface area contributed by atoms with Gasteiger partial charge in [-0.05, 0) is 33.7 Å². The van der Waals surface area contributed by atoms with Crippen LogP contribution in [0.2, 0.25) is 0 Å². The first-order valence-electron chi connectivity index (χ1n) is 4.50. The molecule has 3 N–H and O–H groups in total. The Labute approximate surface area is 75.7 Å². The van der Waals surface area contributed by atoms with Gasteiger partial charge in [-0.1, -0.05) is 0 Å². The summed E-state index contributed by atoms with van der Waals surface area (Å²) in [6.45, 7) is 7.90. The lowest BCUT2D eigenvalue weighted by atomic mass is 10.1. The molecule has 3 heteroatoms. The second-order valence-corrected chi connectivity index (χ2v) is 3.80. The molecule has 0 heterocycles. The van der Waals surface area contributed by atoms with E-state index in [9.17, 15) is 0 Å². The fraction of sp³-hybridized carbons (Fsp3) is 1.00. The van der Waals surface area contributed by atoms with Crippen LogP contribution in [-0.4, -0.2) is 31.8 Å². The zero-order chi connectivity index (χ0) is 9.61. The first-order chi connectivity index (χ1) is 5.52. The average molecular weight is 174 g/mol. The quantitative estimate of drug-likeness (QED) is 0.624. The van der Waals surface area contributed by atoms with Crippen LogP contribution in [-0.2, 0) is 4.74 Å². The number of nitrogens with two attached hydrogens (primary N) is 1. The third-order valence-electron chi connectivity index (χ3n) is 2.13. The summed E-state index contributed by atoms with van der Waals surface area (Å²) in [5, 5.41) is 3.32. The maximum absolute atomic E-state index is 5.46. The molecule has 0 radical (unpaired) electrons. The highest BCUT2D eigenvalue weighted by Crippen LogP contribution is 2.11. The predicted octanol–water partition coefficient (Wildman–Crippen LogP) is 0.738. The molecular weight excluding hydrogens is 152 g/mol. The van der Waals surface area contributed by atoms with E-state index in [4.69, 9.17) is 10.5 Å². The van der Waals surface area contributed by atoms with Crippen molar-refractivity contribution in [3.8, 4) is 0 Å². The van der Waals surface area contributed by atoms with Crippen molar-refractivity contribution in [2.75, 3.05) is 20.2 Å². The molecule has 1 atom stereocenters. The van der Waals surface area contributed by atoms with Gasteiger partial charge < -0.3 is 15.8 Å². The molecule has 74 valence electrons. The van der Waals surface area contributed by atoms with E-state index >= 15 is 0 Å². The van der Waals surface area contributed by atoms with Gasteiger partial charge in [-0.2, -0.15) is 0 Å². The van der Waals surface area contributed by atoms with Crippen molar-refractivity contribution in [2.24, 2.45) is 5.73 Å². The Morgan fingerprint density at radius 3 is 2.50 bits per heavy atom. The summed E-state index contributed by atoms with van der Waals surface area (Å²) in [5.74, 6) is 0. The minimum Gasteiger partial charge on any atom is -0.379 e. The van der Waals surface area contributed by atoms with E-state index in [0.29, 0.717) is 12.6 Å². The molecule has 0 saturated carbocycles. The molecule has 0 saturated heterocycles. The van der Waals surface area contributed by atoms with Gasteiger partial charge in [0, 0.05) is 19.7 Å². The zero-order valence-corrected chi connectivity index (χ0v) is 8.68. The van der Waals surface area contributed by atoms with Gasteiger partial charge in [0.2, 0.25) is 0 Å². The second kappa shape index (κ2) is 5.51. The third kappa shape index (κ3) is 5.52. The summed E-state index contributed by atoms with van der Waals surface area (Å²) in [7, 11) is 1.74. The molecule has 12 heavy (non-hydrogen) atoms. The van der Waals surface area contributed by atoms with E-state index in [-0.39, 0.29) is 5.60 Å². The molecule has 0 aliphatic rings.